The van der Waals surface area contributed by atoms with Gasteiger partial charge in [-0.25, -0.2) is 0 Å². The van der Waals surface area contributed by atoms with Crippen LogP contribution in [-0.4, -0.2) is 51.9 Å². The minimum atomic E-state index is 0.0196. The van der Waals surface area contributed by atoms with Crippen LogP contribution in [0, 0.1) is 25.7 Å². The molecular weight excluding hydrogens is 372 g/mol. The summed E-state index contributed by atoms with van der Waals surface area (Å²) >= 11 is 1.76. The van der Waals surface area contributed by atoms with E-state index in [1.165, 1.54) is 12.0 Å². The average Bonchev–Trinajstić information content (AvgIpc) is 3.43. The van der Waals surface area contributed by atoms with E-state index >= 15 is 0 Å². The molecular formula is C21H28N4O2S. The number of hydrogen-bond donors (Lipinski definition) is 1. The molecule has 6 nitrogen and oxygen atoms in total. The number of likely N-dealkylation sites (tertiary alicyclic amines) is 1. The number of nitrogens with zero attached hydrogens (tertiary/aromatic N) is 3. The fourth-order valence-corrected chi connectivity index (χ4v) is 6.24. The number of fused-ring (bicyclic) bond motifs is 1. The molecule has 5 heterocycles. The smallest absolute Gasteiger partial charge is 0.241 e. The Morgan fingerprint density at radius 3 is 3.11 bits per heavy atom. The third-order valence-corrected chi connectivity index (χ3v) is 7.50. The van der Waals surface area contributed by atoms with Gasteiger partial charge in [-0.05, 0) is 55.1 Å². The van der Waals surface area contributed by atoms with E-state index in [0.29, 0.717) is 24.5 Å². The Kier molecular flexibility index (Phi) is 4.56. The van der Waals surface area contributed by atoms with Crippen LogP contribution >= 0.6 is 11.3 Å². The highest BCUT2D eigenvalue weighted by Gasteiger charge is 2.62. The Morgan fingerprint density at radius 2 is 2.36 bits per heavy atom. The summed E-state index contributed by atoms with van der Waals surface area (Å²) in [4.78, 5) is 15.0. The summed E-state index contributed by atoms with van der Waals surface area (Å²) in [6.45, 7) is 8.05. The largest absolute Gasteiger partial charge is 0.370 e. The highest BCUT2D eigenvalue weighted by Crippen LogP contribution is 2.54. The highest BCUT2D eigenvalue weighted by atomic mass is 32.1. The molecule has 1 N–H and O–H groups in total. The third-order valence-electron chi connectivity index (χ3n) is 6.77. The Balaban J connectivity index is 1.20. The summed E-state index contributed by atoms with van der Waals surface area (Å²) in [6.07, 6.45) is 2.60. The van der Waals surface area contributed by atoms with Crippen LogP contribution in [0.2, 0.25) is 0 Å². The van der Waals surface area contributed by atoms with E-state index in [-0.39, 0.29) is 18.1 Å². The fourth-order valence-electron chi connectivity index (χ4n) is 5.58. The van der Waals surface area contributed by atoms with Crippen LogP contribution in [0.4, 0.5) is 0 Å². The molecule has 28 heavy (non-hydrogen) atoms. The Hall–Kier alpha value is -1.70. The standard InChI is InChI=1S/C21H28N4O2S/c1-14-7-15(2)25(23-14)11-20(26)22-8-17-18-10-24(9-16-4-6-28-12-16)13-21(18)5-3-19(17)27-21/h4,6-7,12,17-19H,3,5,8-11,13H2,1-2H3,(H,22,26)/t17-,18+,19+,21+/m0/s1. The second kappa shape index (κ2) is 6.97. The number of carbonyl (C=O) groups excluding carboxylic acids is 1. The maximum atomic E-state index is 12.5. The summed E-state index contributed by atoms with van der Waals surface area (Å²) in [5.74, 6) is 0.987. The molecule has 0 unspecified atom stereocenters. The molecule has 1 spiro atoms. The molecule has 1 amide bonds. The minimum absolute atomic E-state index is 0.0196. The molecule has 2 aromatic heterocycles. The van der Waals surface area contributed by atoms with Crippen LogP contribution in [-0.2, 0) is 22.6 Å². The van der Waals surface area contributed by atoms with Crippen LogP contribution in [0.25, 0.3) is 0 Å². The van der Waals surface area contributed by atoms with E-state index in [4.69, 9.17) is 4.74 Å². The van der Waals surface area contributed by atoms with Gasteiger partial charge >= 0.3 is 0 Å². The fraction of sp³-hybridized carbons (Fsp3) is 0.619. The second-order valence-electron chi connectivity index (χ2n) is 8.72. The molecule has 3 saturated heterocycles. The van der Waals surface area contributed by atoms with Gasteiger partial charge in [-0.15, -0.1) is 0 Å². The summed E-state index contributed by atoms with van der Waals surface area (Å²) in [5.41, 5.74) is 3.39. The maximum absolute atomic E-state index is 12.5. The highest BCUT2D eigenvalue weighted by molar-refractivity contribution is 7.07. The van der Waals surface area contributed by atoms with Gasteiger partial charge in [0.15, 0.2) is 0 Å². The van der Waals surface area contributed by atoms with Gasteiger partial charge in [-0.3, -0.25) is 14.4 Å². The van der Waals surface area contributed by atoms with Gasteiger partial charge in [0.1, 0.15) is 6.54 Å². The molecule has 2 aromatic rings. The Labute approximate surface area is 169 Å². The lowest BCUT2D eigenvalue weighted by molar-refractivity contribution is -0.122. The summed E-state index contributed by atoms with van der Waals surface area (Å²) in [5, 5.41) is 11.9. The predicted octanol–water partition coefficient (Wildman–Crippen LogP) is 2.36. The topological polar surface area (TPSA) is 59.4 Å². The van der Waals surface area contributed by atoms with Crippen molar-refractivity contribution in [2.24, 2.45) is 11.8 Å². The Morgan fingerprint density at radius 1 is 1.46 bits per heavy atom. The number of amides is 1. The molecule has 0 aliphatic carbocycles. The van der Waals surface area contributed by atoms with Gasteiger partial charge in [-0.2, -0.15) is 16.4 Å². The first kappa shape index (κ1) is 18.3. The molecule has 5 rings (SSSR count). The zero-order valence-corrected chi connectivity index (χ0v) is 17.4. The lowest BCUT2D eigenvalue weighted by atomic mass is 9.73. The first-order valence-corrected chi connectivity index (χ1v) is 11.2. The van der Waals surface area contributed by atoms with Crippen molar-refractivity contribution in [1.82, 2.24) is 20.0 Å². The molecule has 4 atom stereocenters. The molecule has 3 aliphatic heterocycles. The van der Waals surface area contributed by atoms with Gasteiger partial charge in [0, 0.05) is 43.7 Å². The first-order chi connectivity index (χ1) is 13.5. The molecule has 0 radical (unpaired) electrons. The summed E-state index contributed by atoms with van der Waals surface area (Å²) in [6, 6.07) is 4.22. The van der Waals surface area contributed by atoms with E-state index < -0.39 is 0 Å². The molecule has 2 bridgehead atoms. The van der Waals surface area contributed by atoms with Gasteiger partial charge in [0.25, 0.3) is 0 Å². The van der Waals surface area contributed by atoms with E-state index in [0.717, 1.165) is 37.4 Å². The molecule has 3 fully saturated rings. The van der Waals surface area contributed by atoms with Crippen molar-refractivity contribution in [2.45, 2.75) is 51.5 Å². The number of ether oxygens (including phenoxy) is 1. The number of rotatable bonds is 6. The predicted molar refractivity (Wildman–Crippen MR) is 108 cm³/mol. The van der Waals surface area contributed by atoms with E-state index in [1.54, 1.807) is 16.0 Å². The van der Waals surface area contributed by atoms with Gasteiger partial charge in [0.05, 0.1) is 17.4 Å². The molecule has 150 valence electrons. The van der Waals surface area contributed by atoms with Crippen molar-refractivity contribution in [1.29, 1.82) is 0 Å². The number of nitrogens with one attached hydrogen (secondary N) is 1. The molecule has 3 aliphatic rings. The number of hydrogen-bond acceptors (Lipinski definition) is 5. The number of thiophene rings is 1. The number of carbonyl (C=O) groups is 1. The SMILES string of the molecule is Cc1cc(C)n(CC(=O)NC[C@H]2[C@H]3CN(Cc4ccsc4)C[C@]34CC[C@H]2O4)n1. The maximum Gasteiger partial charge on any atom is 0.241 e. The van der Waals surface area contributed by atoms with Gasteiger partial charge in [0.2, 0.25) is 5.91 Å². The average molecular weight is 401 g/mol. The van der Waals surface area contributed by atoms with E-state index in [2.05, 4.69) is 32.1 Å². The lowest BCUT2D eigenvalue weighted by Crippen LogP contribution is -2.42. The molecule has 0 aromatic carbocycles. The van der Waals surface area contributed by atoms with Crippen molar-refractivity contribution in [3.63, 3.8) is 0 Å². The summed E-state index contributed by atoms with van der Waals surface area (Å²) < 4.78 is 8.29. The normalized spacial score (nSPS) is 31.4. The molecule has 7 heteroatoms. The van der Waals surface area contributed by atoms with Crippen LogP contribution in [0.15, 0.2) is 22.9 Å². The number of aromatic nitrogens is 2. The van der Waals surface area contributed by atoms with Crippen molar-refractivity contribution < 1.29 is 9.53 Å². The second-order valence-corrected chi connectivity index (χ2v) is 9.50. The van der Waals surface area contributed by atoms with Crippen molar-refractivity contribution >= 4 is 17.2 Å². The van der Waals surface area contributed by atoms with Crippen molar-refractivity contribution in [2.75, 3.05) is 19.6 Å². The van der Waals surface area contributed by atoms with Gasteiger partial charge in [-0.1, -0.05) is 0 Å². The summed E-state index contributed by atoms with van der Waals surface area (Å²) in [7, 11) is 0. The van der Waals surface area contributed by atoms with E-state index in [1.807, 2.05) is 19.9 Å². The molecule has 0 saturated carbocycles. The van der Waals surface area contributed by atoms with Crippen molar-refractivity contribution in [3.05, 3.63) is 39.8 Å². The van der Waals surface area contributed by atoms with Crippen LogP contribution in [0.5, 0.6) is 0 Å². The zero-order chi connectivity index (χ0) is 19.3. The number of aryl methyl sites for hydroxylation is 2. The quantitative estimate of drug-likeness (QED) is 0.809. The van der Waals surface area contributed by atoms with E-state index in [9.17, 15) is 4.79 Å². The monoisotopic (exact) mass is 400 g/mol. The third kappa shape index (κ3) is 3.19. The van der Waals surface area contributed by atoms with Crippen LogP contribution in [0.3, 0.4) is 0 Å². The van der Waals surface area contributed by atoms with Crippen molar-refractivity contribution in [3.8, 4) is 0 Å². The van der Waals surface area contributed by atoms with Crippen LogP contribution in [0.1, 0.15) is 29.8 Å². The van der Waals surface area contributed by atoms with Gasteiger partial charge < -0.3 is 10.1 Å². The lowest BCUT2D eigenvalue weighted by Gasteiger charge is -2.29. The Bertz CT molecular complexity index is 864. The minimum Gasteiger partial charge on any atom is -0.370 e. The van der Waals surface area contributed by atoms with Crippen LogP contribution < -0.4 is 5.32 Å². The first-order valence-electron chi connectivity index (χ1n) is 10.2. The zero-order valence-electron chi connectivity index (χ0n) is 16.6.